The van der Waals surface area contributed by atoms with E-state index in [2.05, 4.69) is 28.2 Å². The number of piperidine rings is 1. The zero-order chi connectivity index (χ0) is 30.0. The first-order chi connectivity index (χ1) is 20.8. The van der Waals surface area contributed by atoms with Gasteiger partial charge in [-0.2, -0.15) is 0 Å². The average Bonchev–Trinajstić information content (AvgIpc) is 3.27. The number of esters is 1. The van der Waals surface area contributed by atoms with Crippen molar-refractivity contribution in [2.75, 3.05) is 18.0 Å². The van der Waals surface area contributed by atoms with Gasteiger partial charge in [0, 0.05) is 25.8 Å². The van der Waals surface area contributed by atoms with Crippen molar-refractivity contribution < 1.29 is 19.1 Å². The number of hydrogen-bond donors (Lipinski definition) is 1. The Bertz CT molecular complexity index is 1660. The van der Waals surface area contributed by atoms with Crippen LogP contribution in [0.25, 0.3) is 11.1 Å². The van der Waals surface area contributed by atoms with Gasteiger partial charge in [-0.15, -0.1) is 0 Å². The molecule has 3 aromatic carbocycles. The highest BCUT2D eigenvalue weighted by Gasteiger charge is 2.52. The second-order valence-electron chi connectivity index (χ2n) is 11.3. The maximum Gasteiger partial charge on any atom is 0.338 e. The van der Waals surface area contributed by atoms with Crippen LogP contribution in [0.4, 0.5) is 10.5 Å². The van der Waals surface area contributed by atoms with Crippen LogP contribution in [0.15, 0.2) is 91.1 Å². The van der Waals surface area contributed by atoms with Gasteiger partial charge in [0.05, 0.1) is 16.9 Å². The number of anilines is 1. The third kappa shape index (κ3) is 5.79. The van der Waals surface area contributed by atoms with Crippen LogP contribution in [0.1, 0.15) is 45.6 Å². The Hall–Kier alpha value is -4.82. The number of imide groups is 1. The van der Waals surface area contributed by atoms with Crippen LogP contribution in [-0.2, 0) is 22.7 Å². The molecule has 2 aliphatic rings. The highest BCUT2D eigenvalue weighted by molar-refractivity contribution is 6.23. The second-order valence-corrected chi connectivity index (χ2v) is 11.3. The summed E-state index contributed by atoms with van der Waals surface area (Å²) >= 11 is 0. The number of carbonyl (C=O) groups is 3. The van der Waals surface area contributed by atoms with Gasteiger partial charge in [-0.05, 0) is 84.8 Å². The van der Waals surface area contributed by atoms with E-state index >= 15 is 0 Å². The van der Waals surface area contributed by atoms with Crippen molar-refractivity contribution in [3.05, 3.63) is 119 Å². The van der Waals surface area contributed by atoms with Crippen LogP contribution < -0.4 is 10.2 Å². The van der Waals surface area contributed by atoms with E-state index in [1.165, 1.54) is 4.90 Å². The lowest BCUT2D eigenvalue weighted by Gasteiger charge is -2.37. The Balaban J connectivity index is 1.10. The number of ether oxygens (including phenoxy) is 1. The molecular weight excluding hydrogens is 540 g/mol. The number of nitrogens with one attached hydrogen (secondary N) is 1. The number of benzene rings is 3. The first-order valence-electron chi connectivity index (χ1n) is 14.5. The molecule has 218 valence electrons. The molecule has 4 aromatic rings. The highest BCUT2D eigenvalue weighted by atomic mass is 16.5. The summed E-state index contributed by atoms with van der Waals surface area (Å²) in [7, 11) is 0. The molecule has 6 rings (SSSR count). The molecule has 1 aromatic heterocycles. The van der Waals surface area contributed by atoms with Crippen LogP contribution >= 0.6 is 0 Å². The summed E-state index contributed by atoms with van der Waals surface area (Å²) in [6.07, 6.45) is 2.91. The fourth-order valence-electron chi connectivity index (χ4n) is 5.89. The SMILES string of the molecule is Cc1cc(C(=O)OCc2ccccc2)ccc1-c1ccc(N2C(=O)NC3(CCN(Cc4ncccc4C)CC3)C2=O)cc1. The molecule has 0 unspecified atom stereocenters. The van der Waals surface area contributed by atoms with Gasteiger partial charge in [0.1, 0.15) is 12.1 Å². The number of carbonyl (C=O) groups excluding carboxylic acids is 3. The van der Waals surface area contributed by atoms with Crippen molar-refractivity contribution in [1.29, 1.82) is 0 Å². The minimum Gasteiger partial charge on any atom is -0.457 e. The van der Waals surface area contributed by atoms with Crippen LogP contribution in [0.5, 0.6) is 0 Å². The smallest absolute Gasteiger partial charge is 0.338 e. The molecule has 0 saturated carbocycles. The molecule has 2 aliphatic heterocycles. The van der Waals surface area contributed by atoms with E-state index < -0.39 is 5.54 Å². The molecule has 8 heteroatoms. The summed E-state index contributed by atoms with van der Waals surface area (Å²) < 4.78 is 5.47. The van der Waals surface area contributed by atoms with E-state index in [1.54, 1.807) is 24.4 Å². The van der Waals surface area contributed by atoms with Gasteiger partial charge < -0.3 is 10.1 Å². The van der Waals surface area contributed by atoms with Crippen molar-refractivity contribution in [2.45, 2.75) is 45.4 Å². The molecule has 43 heavy (non-hydrogen) atoms. The number of rotatable bonds is 7. The van der Waals surface area contributed by atoms with Gasteiger partial charge in [0.25, 0.3) is 5.91 Å². The van der Waals surface area contributed by atoms with Crippen LogP contribution in [0.2, 0.25) is 0 Å². The molecule has 0 bridgehead atoms. The Morgan fingerprint density at radius 2 is 1.65 bits per heavy atom. The van der Waals surface area contributed by atoms with Crippen molar-refractivity contribution in [3.8, 4) is 11.1 Å². The van der Waals surface area contributed by atoms with E-state index in [0.29, 0.717) is 37.2 Å². The first-order valence-corrected chi connectivity index (χ1v) is 14.5. The predicted octanol–water partition coefficient (Wildman–Crippen LogP) is 5.81. The lowest BCUT2D eigenvalue weighted by atomic mass is 9.87. The van der Waals surface area contributed by atoms with Gasteiger partial charge in [0.2, 0.25) is 0 Å². The fourth-order valence-corrected chi connectivity index (χ4v) is 5.89. The molecule has 0 aliphatic carbocycles. The number of nitrogens with zero attached hydrogens (tertiary/aromatic N) is 3. The van der Waals surface area contributed by atoms with E-state index in [9.17, 15) is 14.4 Å². The third-order valence-corrected chi connectivity index (χ3v) is 8.47. The number of likely N-dealkylation sites (tertiary alicyclic amines) is 1. The summed E-state index contributed by atoms with van der Waals surface area (Å²) in [4.78, 5) is 47.3. The van der Waals surface area contributed by atoms with Crippen LogP contribution in [0.3, 0.4) is 0 Å². The van der Waals surface area contributed by atoms with Gasteiger partial charge in [-0.25, -0.2) is 14.5 Å². The van der Waals surface area contributed by atoms with Gasteiger partial charge in [-0.3, -0.25) is 14.7 Å². The molecule has 3 heterocycles. The monoisotopic (exact) mass is 574 g/mol. The Morgan fingerprint density at radius 3 is 2.35 bits per heavy atom. The van der Waals surface area contributed by atoms with Gasteiger partial charge in [-0.1, -0.05) is 54.6 Å². The minimum atomic E-state index is -0.882. The minimum absolute atomic E-state index is 0.200. The molecular formula is C35H34N4O4. The molecule has 8 nitrogen and oxygen atoms in total. The molecule has 3 amide bonds. The number of urea groups is 1. The molecule has 1 spiro atoms. The number of amides is 3. The maximum absolute atomic E-state index is 13.6. The topological polar surface area (TPSA) is 91.8 Å². The zero-order valence-electron chi connectivity index (χ0n) is 24.4. The Kier molecular flexibility index (Phi) is 7.78. The van der Waals surface area contributed by atoms with E-state index in [4.69, 9.17) is 4.74 Å². The lowest BCUT2D eigenvalue weighted by molar-refractivity contribution is -0.123. The van der Waals surface area contributed by atoms with Gasteiger partial charge in [0.15, 0.2) is 0 Å². The Morgan fingerprint density at radius 1 is 0.907 bits per heavy atom. The van der Waals surface area contributed by atoms with E-state index in [0.717, 1.165) is 40.1 Å². The van der Waals surface area contributed by atoms with Crippen LogP contribution in [0, 0.1) is 13.8 Å². The quantitative estimate of drug-likeness (QED) is 0.221. The summed E-state index contributed by atoms with van der Waals surface area (Å²) in [5.74, 6) is -0.576. The van der Waals surface area contributed by atoms with Crippen molar-refractivity contribution in [1.82, 2.24) is 15.2 Å². The largest absolute Gasteiger partial charge is 0.457 e. The maximum atomic E-state index is 13.6. The summed E-state index contributed by atoms with van der Waals surface area (Å²) in [5, 5.41) is 3.01. The Labute approximate surface area is 251 Å². The van der Waals surface area contributed by atoms with Crippen LogP contribution in [-0.4, -0.2) is 46.4 Å². The fraction of sp³-hybridized carbons (Fsp3) is 0.257. The van der Waals surface area contributed by atoms with E-state index in [1.807, 2.05) is 67.6 Å². The van der Waals surface area contributed by atoms with E-state index in [-0.39, 0.29) is 24.5 Å². The lowest BCUT2D eigenvalue weighted by Crippen LogP contribution is -2.54. The summed E-state index contributed by atoms with van der Waals surface area (Å²) in [6.45, 7) is 6.34. The predicted molar refractivity (Wildman–Crippen MR) is 164 cm³/mol. The molecule has 0 radical (unpaired) electrons. The zero-order valence-corrected chi connectivity index (χ0v) is 24.4. The highest BCUT2D eigenvalue weighted by Crippen LogP contribution is 2.34. The standard InChI is InChI=1S/C35H34N4O4/c1-24-7-6-18-36-31(24)22-38-19-16-35(17-20-38)33(41)39(34(42)37-35)29-13-10-27(11-14-29)30-15-12-28(21-25(30)2)32(40)43-23-26-8-4-3-5-9-26/h3-15,18,21H,16-17,19-20,22-23H2,1-2H3,(H,37,42). The van der Waals surface area contributed by atoms with Crippen molar-refractivity contribution in [2.24, 2.45) is 0 Å². The van der Waals surface area contributed by atoms with Crippen molar-refractivity contribution in [3.63, 3.8) is 0 Å². The average molecular weight is 575 g/mol. The molecule has 1 N–H and O–H groups in total. The molecule has 2 fully saturated rings. The third-order valence-electron chi connectivity index (χ3n) is 8.47. The molecule has 0 atom stereocenters. The molecule has 2 saturated heterocycles. The second kappa shape index (κ2) is 11.8. The number of hydrogen-bond acceptors (Lipinski definition) is 6. The number of pyridine rings is 1. The summed E-state index contributed by atoms with van der Waals surface area (Å²) in [5.41, 5.74) is 6.05. The number of aryl methyl sites for hydroxylation is 2. The summed E-state index contributed by atoms with van der Waals surface area (Å²) in [6, 6.07) is 26.0. The normalized spacial score (nSPS) is 16.4. The number of aromatic nitrogens is 1. The van der Waals surface area contributed by atoms with Crippen molar-refractivity contribution >= 4 is 23.6 Å². The van der Waals surface area contributed by atoms with Gasteiger partial charge >= 0.3 is 12.0 Å². The first kappa shape index (κ1) is 28.3.